The quantitative estimate of drug-likeness (QED) is 0.536. The summed E-state index contributed by atoms with van der Waals surface area (Å²) in [6, 6.07) is 19.8. The fraction of sp³-hybridized carbons (Fsp3) is 0.208. The first-order valence-corrected chi connectivity index (χ1v) is 9.92. The number of anilines is 1. The zero-order chi connectivity index (χ0) is 21.1. The lowest BCUT2D eigenvalue weighted by Crippen LogP contribution is -2.25. The van der Waals surface area contributed by atoms with Crippen molar-refractivity contribution >= 4 is 22.8 Å². The Kier molecular flexibility index (Phi) is 5.48. The number of aryl methyl sites for hydroxylation is 1. The van der Waals surface area contributed by atoms with Gasteiger partial charge in [-0.3, -0.25) is 4.79 Å². The van der Waals surface area contributed by atoms with Gasteiger partial charge < -0.3 is 14.8 Å². The molecule has 6 heteroatoms. The molecule has 0 aliphatic rings. The number of carbonyl (C=O) groups excluding carboxylic acids is 1. The van der Waals surface area contributed by atoms with Crippen LogP contribution < -0.4 is 10.2 Å². The molecular weight excluding hydrogens is 374 g/mol. The second kappa shape index (κ2) is 8.37. The van der Waals surface area contributed by atoms with Crippen molar-refractivity contribution in [2.45, 2.75) is 20.0 Å². The predicted molar refractivity (Wildman–Crippen MR) is 120 cm³/mol. The molecule has 4 aromatic rings. The molecule has 0 atom stereocenters. The van der Waals surface area contributed by atoms with E-state index in [2.05, 4.69) is 46.1 Å². The van der Waals surface area contributed by atoms with Gasteiger partial charge in [-0.1, -0.05) is 29.8 Å². The van der Waals surface area contributed by atoms with Crippen LogP contribution in [0.1, 0.15) is 27.3 Å². The lowest BCUT2D eigenvalue weighted by atomic mass is 10.1. The number of amides is 1. The zero-order valence-corrected chi connectivity index (χ0v) is 17.5. The third kappa shape index (κ3) is 4.17. The van der Waals surface area contributed by atoms with Crippen LogP contribution in [0.4, 0.5) is 5.69 Å². The maximum atomic E-state index is 12.6. The Labute approximate surface area is 176 Å². The summed E-state index contributed by atoms with van der Waals surface area (Å²) in [6.45, 7) is 3.05. The average molecular weight is 399 g/mol. The summed E-state index contributed by atoms with van der Waals surface area (Å²) in [4.78, 5) is 23.9. The van der Waals surface area contributed by atoms with Crippen LogP contribution in [0, 0.1) is 6.92 Å². The number of nitrogens with one attached hydrogen (secondary N) is 1. The van der Waals surface area contributed by atoms with Crippen molar-refractivity contribution in [1.29, 1.82) is 0 Å². The van der Waals surface area contributed by atoms with Crippen LogP contribution in [0.15, 0.2) is 66.9 Å². The number of hydrogen-bond donors (Lipinski definition) is 1. The predicted octanol–water partition coefficient (Wildman–Crippen LogP) is 3.78. The van der Waals surface area contributed by atoms with E-state index in [9.17, 15) is 4.79 Å². The molecule has 30 heavy (non-hydrogen) atoms. The minimum atomic E-state index is -0.123. The van der Waals surface area contributed by atoms with Crippen molar-refractivity contribution in [2.75, 3.05) is 19.0 Å². The van der Waals surface area contributed by atoms with Crippen molar-refractivity contribution in [3.63, 3.8) is 0 Å². The number of imidazole rings is 1. The fourth-order valence-corrected chi connectivity index (χ4v) is 3.35. The Morgan fingerprint density at radius 3 is 2.47 bits per heavy atom. The molecule has 1 amide bonds. The Morgan fingerprint density at radius 1 is 1.03 bits per heavy atom. The first-order chi connectivity index (χ1) is 14.5. The molecule has 0 radical (unpaired) electrons. The molecule has 0 saturated heterocycles. The maximum absolute atomic E-state index is 12.6. The lowest BCUT2D eigenvalue weighted by Gasteiger charge is -2.13. The highest BCUT2D eigenvalue weighted by Crippen LogP contribution is 2.17. The first-order valence-electron chi connectivity index (χ1n) is 9.92. The van der Waals surface area contributed by atoms with E-state index in [4.69, 9.17) is 4.98 Å². The van der Waals surface area contributed by atoms with Crippen molar-refractivity contribution in [2.24, 2.45) is 0 Å². The largest absolute Gasteiger partial charge is 0.378 e. The molecule has 0 fully saturated rings. The Hall–Kier alpha value is -3.67. The van der Waals surface area contributed by atoms with E-state index < -0.39 is 0 Å². The van der Waals surface area contributed by atoms with E-state index in [1.807, 2.05) is 55.4 Å². The molecule has 1 N–H and O–H groups in total. The number of pyridine rings is 1. The van der Waals surface area contributed by atoms with Crippen molar-refractivity contribution in [1.82, 2.24) is 19.9 Å². The van der Waals surface area contributed by atoms with E-state index in [0.29, 0.717) is 18.7 Å². The van der Waals surface area contributed by atoms with Gasteiger partial charge in [-0.15, -0.1) is 0 Å². The summed E-state index contributed by atoms with van der Waals surface area (Å²) in [5.74, 6) is 0.657. The van der Waals surface area contributed by atoms with Crippen LogP contribution in [0.2, 0.25) is 0 Å². The zero-order valence-electron chi connectivity index (χ0n) is 17.5. The number of carbonyl (C=O) groups is 1. The minimum Gasteiger partial charge on any atom is -0.378 e. The third-order valence-corrected chi connectivity index (χ3v) is 5.10. The van der Waals surface area contributed by atoms with Gasteiger partial charge in [0.25, 0.3) is 5.91 Å². The second-order valence-electron chi connectivity index (χ2n) is 7.57. The van der Waals surface area contributed by atoms with Gasteiger partial charge in [0.05, 0.1) is 13.1 Å². The topological polar surface area (TPSA) is 63.1 Å². The van der Waals surface area contributed by atoms with Gasteiger partial charge in [-0.2, -0.15) is 0 Å². The van der Waals surface area contributed by atoms with Crippen LogP contribution in [0.5, 0.6) is 0 Å². The number of nitrogens with zero attached hydrogens (tertiary/aromatic N) is 4. The Balaban J connectivity index is 1.56. The van der Waals surface area contributed by atoms with E-state index in [1.165, 1.54) is 5.56 Å². The SMILES string of the molecule is Cc1ccc(Cn2c(CNC(=O)c3ccc(N(C)C)cc3)nc3cccnc32)cc1. The van der Waals surface area contributed by atoms with E-state index in [0.717, 1.165) is 28.2 Å². The fourth-order valence-electron chi connectivity index (χ4n) is 3.35. The number of rotatable bonds is 6. The first kappa shape index (κ1) is 19.6. The van der Waals surface area contributed by atoms with Gasteiger partial charge in [-0.05, 0) is 48.9 Å². The minimum absolute atomic E-state index is 0.123. The van der Waals surface area contributed by atoms with Gasteiger partial charge in [0.2, 0.25) is 0 Å². The van der Waals surface area contributed by atoms with E-state index in [1.54, 1.807) is 6.20 Å². The summed E-state index contributed by atoms with van der Waals surface area (Å²) < 4.78 is 2.06. The molecule has 2 heterocycles. The number of benzene rings is 2. The summed E-state index contributed by atoms with van der Waals surface area (Å²) in [6.07, 6.45) is 1.77. The summed E-state index contributed by atoms with van der Waals surface area (Å²) >= 11 is 0. The van der Waals surface area contributed by atoms with Gasteiger partial charge in [-0.25, -0.2) is 9.97 Å². The molecular formula is C24H25N5O. The average Bonchev–Trinajstić information content (AvgIpc) is 3.11. The second-order valence-corrected chi connectivity index (χ2v) is 7.57. The molecule has 6 nitrogen and oxygen atoms in total. The molecule has 0 spiro atoms. The smallest absolute Gasteiger partial charge is 0.251 e. The van der Waals surface area contributed by atoms with Crippen molar-refractivity contribution in [3.8, 4) is 0 Å². The summed E-state index contributed by atoms with van der Waals surface area (Å²) in [5.41, 5.74) is 5.71. The van der Waals surface area contributed by atoms with Gasteiger partial charge in [0, 0.05) is 31.5 Å². The molecule has 0 bridgehead atoms. The molecule has 2 aromatic heterocycles. The molecule has 2 aromatic carbocycles. The van der Waals surface area contributed by atoms with E-state index >= 15 is 0 Å². The highest BCUT2D eigenvalue weighted by atomic mass is 16.1. The molecule has 0 aliphatic heterocycles. The van der Waals surface area contributed by atoms with Crippen LogP contribution in [-0.4, -0.2) is 34.5 Å². The molecule has 0 aliphatic carbocycles. The molecule has 0 unspecified atom stereocenters. The molecule has 152 valence electrons. The number of fused-ring (bicyclic) bond motifs is 1. The van der Waals surface area contributed by atoms with Gasteiger partial charge in [0.1, 0.15) is 11.3 Å². The summed E-state index contributed by atoms with van der Waals surface area (Å²) in [5, 5.41) is 3.00. The maximum Gasteiger partial charge on any atom is 0.251 e. The normalized spacial score (nSPS) is 10.9. The number of hydrogen-bond acceptors (Lipinski definition) is 4. The Bertz CT molecular complexity index is 1160. The Morgan fingerprint density at radius 2 is 1.77 bits per heavy atom. The van der Waals surface area contributed by atoms with Gasteiger partial charge in [0.15, 0.2) is 5.65 Å². The third-order valence-electron chi connectivity index (χ3n) is 5.10. The highest BCUT2D eigenvalue weighted by Gasteiger charge is 2.14. The molecule has 0 saturated carbocycles. The van der Waals surface area contributed by atoms with Crippen molar-refractivity contribution < 1.29 is 4.79 Å². The lowest BCUT2D eigenvalue weighted by molar-refractivity contribution is 0.0949. The van der Waals surface area contributed by atoms with E-state index in [-0.39, 0.29) is 5.91 Å². The van der Waals surface area contributed by atoms with Crippen LogP contribution >= 0.6 is 0 Å². The monoisotopic (exact) mass is 399 g/mol. The highest BCUT2D eigenvalue weighted by molar-refractivity contribution is 5.94. The summed E-state index contributed by atoms with van der Waals surface area (Å²) in [7, 11) is 3.95. The molecule has 4 rings (SSSR count). The number of aromatic nitrogens is 3. The van der Waals surface area contributed by atoms with Crippen LogP contribution in [0.25, 0.3) is 11.2 Å². The van der Waals surface area contributed by atoms with Crippen molar-refractivity contribution in [3.05, 3.63) is 89.4 Å². The van der Waals surface area contributed by atoms with Crippen LogP contribution in [0.3, 0.4) is 0 Å². The standard InChI is InChI=1S/C24H25N5O/c1-17-6-8-18(9-7-17)16-29-22(27-21-5-4-14-25-23(21)29)15-26-24(30)19-10-12-20(13-11-19)28(2)3/h4-14H,15-16H2,1-3H3,(H,26,30). The van der Waals surface area contributed by atoms with Gasteiger partial charge >= 0.3 is 0 Å². The van der Waals surface area contributed by atoms with Crippen LogP contribution in [-0.2, 0) is 13.1 Å².